The lowest BCUT2D eigenvalue weighted by Gasteiger charge is -2.25. The van der Waals surface area contributed by atoms with Gasteiger partial charge in [0.15, 0.2) is 11.5 Å². The number of thioether (sulfide) groups is 1. The molecule has 1 aliphatic heterocycles. The minimum atomic E-state index is -3.75. The number of para-hydroxylation sites is 2. The summed E-state index contributed by atoms with van der Waals surface area (Å²) in [5.74, 6) is 1.83. The van der Waals surface area contributed by atoms with Gasteiger partial charge in [-0.15, -0.1) is 11.8 Å². The van der Waals surface area contributed by atoms with E-state index in [2.05, 4.69) is 4.98 Å². The van der Waals surface area contributed by atoms with Crippen LogP contribution >= 0.6 is 11.8 Å². The van der Waals surface area contributed by atoms with Gasteiger partial charge in [0.25, 0.3) is 0 Å². The van der Waals surface area contributed by atoms with Gasteiger partial charge < -0.3 is 9.47 Å². The first-order valence-corrected chi connectivity index (χ1v) is 11.2. The van der Waals surface area contributed by atoms with Crippen LogP contribution in [-0.4, -0.2) is 44.2 Å². The summed E-state index contributed by atoms with van der Waals surface area (Å²) in [4.78, 5) is 4.54. The number of rotatable bonds is 5. The molecule has 1 aromatic heterocycles. The van der Waals surface area contributed by atoms with Crippen LogP contribution in [0.25, 0.3) is 10.9 Å². The first kappa shape index (κ1) is 19.0. The van der Waals surface area contributed by atoms with Crippen molar-refractivity contribution in [3.05, 3.63) is 60.3 Å². The molecule has 0 aliphatic carbocycles. The molecule has 0 radical (unpaired) electrons. The highest BCUT2D eigenvalue weighted by molar-refractivity contribution is 8.01. The van der Waals surface area contributed by atoms with Crippen molar-refractivity contribution in [1.29, 1.82) is 0 Å². The van der Waals surface area contributed by atoms with Crippen LogP contribution in [0.5, 0.6) is 11.5 Å². The van der Waals surface area contributed by atoms with Crippen LogP contribution in [0.15, 0.2) is 59.6 Å². The fraction of sp³-hybridized carbons (Fsp3) is 0.250. The maximum absolute atomic E-state index is 13.6. The molecule has 1 aliphatic rings. The molecule has 6 nitrogen and oxygen atoms in total. The average Bonchev–Trinajstić information content (AvgIpc) is 3.23. The molecule has 3 aromatic rings. The number of ether oxygens (including phenoxy) is 2. The Labute approximate surface area is 168 Å². The zero-order chi connectivity index (χ0) is 19.7. The van der Waals surface area contributed by atoms with E-state index >= 15 is 0 Å². The fourth-order valence-corrected chi connectivity index (χ4v) is 6.88. The van der Waals surface area contributed by atoms with Gasteiger partial charge in [-0.1, -0.05) is 30.3 Å². The summed E-state index contributed by atoms with van der Waals surface area (Å²) in [6.07, 6.45) is 1.61. The predicted octanol–water partition coefficient (Wildman–Crippen LogP) is 3.69. The SMILES string of the molecule is COc1cccc(C2SCCN2S(=O)(=O)c2cccc3cccnc23)c1OC. The Bertz CT molecular complexity index is 1110. The van der Waals surface area contributed by atoms with Crippen LogP contribution in [0.4, 0.5) is 0 Å². The third-order valence-electron chi connectivity index (χ3n) is 4.73. The van der Waals surface area contributed by atoms with E-state index in [0.717, 1.165) is 10.9 Å². The monoisotopic (exact) mass is 416 g/mol. The molecule has 0 spiro atoms. The van der Waals surface area contributed by atoms with E-state index in [1.165, 1.54) is 4.31 Å². The minimum Gasteiger partial charge on any atom is -0.493 e. The number of hydrogen-bond acceptors (Lipinski definition) is 6. The molecule has 1 fully saturated rings. The van der Waals surface area contributed by atoms with E-state index in [-0.39, 0.29) is 4.90 Å². The zero-order valence-electron chi connectivity index (χ0n) is 15.5. The standard InChI is InChI=1S/C20H20N2O4S2/c1-25-16-9-4-8-15(19(16)26-2)20-22(12-13-27-20)28(23,24)17-10-3-6-14-7-5-11-21-18(14)17/h3-11,20H,12-13H2,1-2H3. The molecule has 8 heteroatoms. The van der Waals surface area contributed by atoms with Crippen LogP contribution in [0.2, 0.25) is 0 Å². The number of benzene rings is 2. The summed E-state index contributed by atoms with van der Waals surface area (Å²) in [7, 11) is -0.620. The summed E-state index contributed by atoms with van der Waals surface area (Å²) in [5.41, 5.74) is 1.26. The summed E-state index contributed by atoms with van der Waals surface area (Å²) in [6.45, 7) is 0.418. The van der Waals surface area contributed by atoms with Crippen molar-refractivity contribution in [3.63, 3.8) is 0 Å². The third kappa shape index (κ3) is 3.11. The number of aromatic nitrogens is 1. The largest absolute Gasteiger partial charge is 0.493 e. The number of nitrogens with zero attached hydrogens (tertiary/aromatic N) is 2. The number of hydrogen-bond donors (Lipinski definition) is 0. The van der Waals surface area contributed by atoms with E-state index in [4.69, 9.17) is 9.47 Å². The molecular weight excluding hydrogens is 396 g/mol. The van der Waals surface area contributed by atoms with Crippen molar-refractivity contribution >= 4 is 32.7 Å². The fourth-order valence-electron chi connectivity index (χ4n) is 3.46. The number of fused-ring (bicyclic) bond motifs is 1. The van der Waals surface area contributed by atoms with Crippen LogP contribution in [0, 0.1) is 0 Å². The molecule has 2 aromatic carbocycles. The normalized spacial score (nSPS) is 17.7. The van der Waals surface area contributed by atoms with E-state index in [1.54, 1.807) is 56.4 Å². The second-order valence-corrected chi connectivity index (χ2v) is 9.30. The average molecular weight is 417 g/mol. The molecule has 0 bridgehead atoms. The lowest BCUT2D eigenvalue weighted by atomic mass is 10.2. The summed E-state index contributed by atoms with van der Waals surface area (Å²) in [5, 5.41) is 0.403. The van der Waals surface area contributed by atoms with E-state index in [9.17, 15) is 8.42 Å². The second kappa shape index (κ2) is 7.62. The van der Waals surface area contributed by atoms with Crippen molar-refractivity contribution in [3.8, 4) is 11.5 Å². The molecule has 146 valence electrons. The Morgan fingerprint density at radius 1 is 1.07 bits per heavy atom. The summed E-state index contributed by atoms with van der Waals surface area (Å²) in [6, 6.07) is 14.4. The van der Waals surface area contributed by atoms with Gasteiger partial charge in [-0.2, -0.15) is 4.31 Å². The van der Waals surface area contributed by atoms with Crippen molar-refractivity contribution in [2.24, 2.45) is 0 Å². The molecule has 1 unspecified atom stereocenters. The first-order valence-electron chi connectivity index (χ1n) is 8.76. The molecule has 2 heterocycles. The van der Waals surface area contributed by atoms with Gasteiger partial charge in [0.1, 0.15) is 4.90 Å². The molecule has 28 heavy (non-hydrogen) atoms. The lowest BCUT2D eigenvalue weighted by molar-refractivity contribution is 0.345. The van der Waals surface area contributed by atoms with Crippen molar-refractivity contribution in [2.45, 2.75) is 10.3 Å². The van der Waals surface area contributed by atoms with E-state index in [1.807, 2.05) is 24.3 Å². The van der Waals surface area contributed by atoms with Gasteiger partial charge >= 0.3 is 0 Å². The topological polar surface area (TPSA) is 68.7 Å². The molecule has 1 saturated heterocycles. The van der Waals surface area contributed by atoms with Gasteiger partial charge in [0.05, 0.1) is 25.1 Å². The molecule has 0 amide bonds. The highest BCUT2D eigenvalue weighted by atomic mass is 32.2. The highest BCUT2D eigenvalue weighted by Crippen LogP contribution is 2.47. The number of methoxy groups -OCH3 is 2. The molecular formula is C20H20N2O4S2. The molecule has 4 rings (SSSR count). The zero-order valence-corrected chi connectivity index (χ0v) is 17.2. The van der Waals surface area contributed by atoms with E-state index in [0.29, 0.717) is 29.3 Å². The lowest BCUT2D eigenvalue weighted by Crippen LogP contribution is -2.31. The maximum atomic E-state index is 13.6. The van der Waals surface area contributed by atoms with Gasteiger partial charge in [-0.05, 0) is 18.2 Å². The predicted molar refractivity (Wildman–Crippen MR) is 110 cm³/mol. The highest BCUT2D eigenvalue weighted by Gasteiger charge is 2.39. The number of sulfonamides is 1. The first-order chi connectivity index (χ1) is 13.6. The minimum absolute atomic E-state index is 0.222. The Morgan fingerprint density at radius 3 is 2.64 bits per heavy atom. The molecule has 0 saturated carbocycles. The molecule has 0 N–H and O–H groups in total. The van der Waals surface area contributed by atoms with E-state index < -0.39 is 15.4 Å². The Hall–Kier alpha value is -2.29. The van der Waals surface area contributed by atoms with Gasteiger partial charge in [-0.3, -0.25) is 4.98 Å². The van der Waals surface area contributed by atoms with Crippen molar-refractivity contribution in [1.82, 2.24) is 9.29 Å². The van der Waals surface area contributed by atoms with Gasteiger partial charge in [0.2, 0.25) is 10.0 Å². The van der Waals surface area contributed by atoms with Crippen LogP contribution < -0.4 is 9.47 Å². The van der Waals surface area contributed by atoms with Crippen LogP contribution in [0.1, 0.15) is 10.9 Å². The Morgan fingerprint density at radius 2 is 1.86 bits per heavy atom. The van der Waals surface area contributed by atoms with Crippen molar-refractivity contribution < 1.29 is 17.9 Å². The Kier molecular flexibility index (Phi) is 5.18. The summed E-state index contributed by atoms with van der Waals surface area (Å²) >= 11 is 1.57. The van der Waals surface area contributed by atoms with Crippen LogP contribution in [-0.2, 0) is 10.0 Å². The molecule has 1 atom stereocenters. The van der Waals surface area contributed by atoms with Crippen LogP contribution in [0.3, 0.4) is 0 Å². The Balaban J connectivity index is 1.82. The van der Waals surface area contributed by atoms with Gasteiger partial charge in [-0.25, -0.2) is 8.42 Å². The number of pyridine rings is 1. The third-order valence-corrected chi connectivity index (χ3v) is 8.00. The second-order valence-electron chi connectivity index (χ2n) is 6.25. The van der Waals surface area contributed by atoms with Crippen molar-refractivity contribution in [2.75, 3.05) is 26.5 Å². The van der Waals surface area contributed by atoms with Gasteiger partial charge in [0, 0.05) is 29.4 Å². The maximum Gasteiger partial charge on any atom is 0.246 e. The smallest absolute Gasteiger partial charge is 0.246 e. The quantitative estimate of drug-likeness (QED) is 0.632. The summed E-state index contributed by atoms with van der Waals surface area (Å²) < 4.78 is 39.6.